The Morgan fingerprint density at radius 3 is 2.10 bits per heavy atom. The normalized spacial score (nSPS) is 15.6. The number of amides is 2. The minimum absolute atomic E-state index is 0.0230. The number of rotatable bonds is 6. The molecule has 0 aromatic heterocycles. The van der Waals surface area contributed by atoms with E-state index in [1.54, 1.807) is 31.7 Å². The summed E-state index contributed by atoms with van der Waals surface area (Å²) in [5.41, 5.74) is 4.46. The van der Waals surface area contributed by atoms with Crippen molar-refractivity contribution in [3.8, 4) is 11.1 Å². The number of fused-ring (bicyclic) bond motifs is 3. The van der Waals surface area contributed by atoms with Gasteiger partial charge in [-0.2, -0.15) is 8.42 Å². The molecule has 1 heterocycles. The molecule has 1 saturated heterocycles. The summed E-state index contributed by atoms with van der Waals surface area (Å²) in [6.45, 7) is 7.47. The number of anilines is 1. The number of carbonyl (C=O) groups is 2. The molecule has 1 fully saturated rings. The van der Waals surface area contributed by atoms with Crippen molar-refractivity contribution in [3.63, 3.8) is 0 Å². The van der Waals surface area contributed by atoms with Crippen LogP contribution in [0.3, 0.4) is 0 Å². The van der Waals surface area contributed by atoms with Crippen molar-refractivity contribution in [3.05, 3.63) is 83.4 Å². The second-order valence-electron chi connectivity index (χ2n) is 11.5. The highest BCUT2D eigenvalue weighted by Gasteiger charge is 2.30. The van der Waals surface area contributed by atoms with Crippen LogP contribution in [-0.4, -0.2) is 68.8 Å². The summed E-state index contributed by atoms with van der Waals surface area (Å²) in [7, 11) is -5.01. The van der Waals surface area contributed by atoms with Gasteiger partial charge in [-0.25, -0.2) is 9.59 Å². The average Bonchev–Trinajstić information content (AvgIpc) is 3.24. The molecule has 1 N–H and O–H groups in total. The van der Waals surface area contributed by atoms with Gasteiger partial charge in [0.1, 0.15) is 17.1 Å². The molecule has 0 atom stereocenters. The number of halogens is 1. The minimum Gasteiger partial charge on any atom is -0.448 e. The molecule has 9 nitrogen and oxygen atoms in total. The van der Waals surface area contributed by atoms with Crippen LogP contribution < -0.4 is 5.32 Å². The van der Waals surface area contributed by atoms with Gasteiger partial charge in [-0.1, -0.05) is 48.5 Å². The molecule has 0 saturated carbocycles. The van der Waals surface area contributed by atoms with Gasteiger partial charge in [0.25, 0.3) is 0 Å². The minimum atomic E-state index is -5.01. The van der Waals surface area contributed by atoms with E-state index in [1.807, 2.05) is 29.2 Å². The van der Waals surface area contributed by atoms with Gasteiger partial charge in [-0.05, 0) is 66.8 Å². The molecule has 0 bridgehead atoms. The fourth-order valence-corrected chi connectivity index (χ4v) is 5.98. The summed E-state index contributed by atoms with van der Waals surface area (Å²) < 4.78 is 48.3. The molecule has 11 heteroatoms. The molecular formula is C31H34FN3O6S. The highest BCUT2D eigenvalue weighted by Crippen LogP contribution is 2.44. The van der Waals surface area contributed by atoms with Crippen molar-refractivity contribution in [1.82, 2.24) is 9.80 Å². The Hall–Kier alpha value is -3.96. The highest BCUT2D eigenvalue weighted by molar-refractivity contribution is 7.86. The topological polar surface area (TPSA) is 105 Å². The van der Waals surface area contributed by atoms with Gasteiger partial charge in [0.05, 0.1) is 0 Å². The van der Waals surface area contributed by atoms with Crippen LogP contribution in [0, 0.1) is 0 Å². The van der Waals surface area contributed by atoms with Crippen LogP contribution in [0.5, 0.6) is 0 Å². The van der Waals surface area contributed by atoms with E-state index in [0.29, 0.717) is 38.3 Å². The van der Waals surface area contributed by atoms with E-state index in [0.717, 1.165) is 28.3 Å². The van der Waals surface area contributed by atoms with E-state index in [-0.39, 0.29) is 24.3 Å². The number of hydrogen-bond donors (Lipinski definition) is 1. The molecule has 1 aliphatic carbocycles. The van der Waals surface area contributed by atoms with Crippen molar-refractivity contribution in [1.29, 1.82) is 0 Å². The Morgan fingerprint density at radius 1 is 0.929 bits per heavy atom. The first-order valence-electron chi connectivity index (χ1n) is 13.8. The lowest BCUT2D eigenvalue weighted by Gasteiger charge is -2.34. The molecule has 0 radical (unpaired) electrons. The highest BCUT2D eigenvalue weighted by atomic mass is 32.3. The molecule has 0 unspecified atom stereocenters. The van der Waals surface area contributed by atoms with Crippen molar-refractivity contribution in [2.24, 2.45) is 0 Å². The number of nitrogens with one attached hydrogen (secondary N) is 1. The van der Waals surface area contributed by atoms with Gasteiger partial charge in [0.15, 0.2) is 0 Å². The summed E-state index contributed by atoms with van der Waals surface area (Å²) >= 11 is 0. The lowest BCUT2D eigenvalue weighted by Crippen LogP contribution is -2.48. The van der Waals surface area contributed by atoms with Gasteiger partial charge in [0.2, 0.25) is 0 Å². The molecule has 3 aromatic carbocycles. The van der Waals surface area contributed by atoms with E-state index in [4.69, 9.17) is 9.47 Å². The van der Waals surface area contributed by atoms with Crippen LogP contribution in [0.1, 0.15) is 43.4 Å². The van der Waals surface area contributed by atoms with E-state index in [1.165, 1.54) is 6.07 Å². The van der Waals surface area contributed by atoms with Gasteiger partial charge < -0.3 is 14.4 Å². The summed E-state index contributed by atoms with van der Waals surface area (Å²) in [5.74, 6) is -0.0230. The van der Waals surface area contributed by atoms with Gasteiger partial charge in [0, 0.05) is 44.3 Å². The Morgan fingerprint density at radius 2 is 1.52 bits per heavy atom. The molecular weight excluding hydrogens is 561 g/mol. The van der Waals surface area contributed by atoms with Gasteiger partial charge in [-0.3, -0.25) is 10.2 Å². The maximum absolute atomic E-state index is 13.9. The molecule has 2 aliphatic rings. The molecule has 5 rings (SSSR count). The number of benzene rings is 3. The van der Waals surface area contributed by atoms with E-state index < -0.39 is 26.8 Å². The van der Waals surface area contributed by atoms with Crippen LogP contribution in [0.2, 0.25) is 0 Å². The van der Waals surface area contributed by atoms with E-state index in [9.17, 15) is 21.9 Å². The van der Waals surface area contributed by atoms with Crippen LogP contribution in [0.4, 0.5) is 19.2 Å². The third kappa shape index (κ3) is 6.91. The maximum Gasteiger partial charge on any atom is 0.412 e. The molecule has 0 spiro atoms. The number of piperazine rings is 1. The Kier molecular flexibility index (Phi) is 8.25. The molecule has 3 aromatic rings. The second-order valence-corrected chi connectivity index (χ2v) is 12.8. The lowest BCUT2D eigenvalue weighted by molar-refractivity contribution is 0.0635. The zero-order valence-electron chi connectivity index (χ0n) is 23.8. The van der Waals surface area contributed by atoms with Crippen LogP contribution in [0.25, 0.3) is 11.1 Å². The quantitative estimate of drug-likeness (QED) is 0.362. The van der Waals surface area contributed by atoms with Crippen molar-refractivity contribution in [2.75, 3.05) is 38.1 Å². The molecule has 42 heavy (non-hydrogen) atoms. The van der Waals surface area contributed by atoms with Crippen molar-refractivity contribution < 1.29 is 31.4 Å². The zero-order chi connectivity index (χ0) is 30.1. The monoisotopic (exact) mass is 595 g/mol. The third-order valence-electron chi connectivity index (χ3n) is 7.27. The largest absolute Gasteiger partial charge is 0.448 e. The van der Waals surface area contributed by atoms with Crippen LogP contribution >= 0.6 is 0 Å². The number of carbonyl (C=O) groups excluding carboxylic acids is 2. The Balaban J connectivity index is 1.19. The fraction of sp³-hybridized carbons (Fsp3) is 0.355. The predicted molar refractivity (Wildman–Crippen MR) is 157 cm³/mol. The van der Waals surface area contributed by atoms with Crippen LogP contribution in [0.15, 0.2) is 71.6 Å². The molecule has 2 amide bonds. The van der Waals surface area contributed by atoms with Gasteiger partial charge >= 0.3 is 22.4 Å². The molecule has 1 aliphatic heterocycles. The maximum atomic E-state index is 13.9. The smallest absolute Gasteiger partial charge is 0.412 e. The van der Waals surface area contributed by atoms with Crippen molar-refractivity contribution in [2.45, 2.75) is 43.7 Å². The number of hydrogen-bond acceptors (Lipinski definition) is 7. The predicted octanol–water partition coefficient (Wildman–Crippen LogP) is 5.76. The summed E-state index contributed by atoms with van der Waals surface area (Å²) in [6.07, 6.45) is -1.16. The first-order valence-corrected chi connectivity index (χ1v) is 15.2. The Bertz CT molecular complexity index is 1550. The average molecular weight is 596 g/mol. The standard InChI is InChI=1S/C31H34FN3O6S/c1-31(2,3)41-29(36)33-22-16-21(17-23(18-22)42(32,38)39)19-34-12-14-35(15-13-34)30(37)40-20-28-26-10-6-4-8-24(26)25-9-5-7-11-27(25)28/h4-11,16-18,28H,12-15,19-20H2,1-3H3,(H,33,36). The summed E-state index contributed by atoms with van der Waals surface area (Å²) in [4.78, 5) is 28.3. The number of nitrogens with zero attached hydrogens (tertiary/aromatic N) is 2. The van der Waals surface area contributed by atoms with Crippen molar-refractivity contribution >= 4 is 28.1 Å². The first-order chi connectivity index (χ1) is 19.9. The van der Waals surface area contributed by atoms with Crippen LogP contribution in [-0.2, 0) is 26.2 Å². The lowest BCUT2D eigenvalue weighted by atomic mass is 9.98. The fourth-order valence-electron chi connectivity index (χ4n) is 5.42. The first kappa shape index (κ1) is 29.5. The SMILES string of the molecule is CC(C)(C)OC(=O)Nc1cc(CN2CCN(C(=O)OCC3c4ccccc4-c4ccccc43)CC2)cc(S(=O)(=O)F)c1. The molecule has 222 valence electrons. The van der Waals surface area contributed by atoms with E-state index >= 15 is 0 Å². The summed E-state index contributed by atoms with van der Waals surface area (Å²) in [6, 6.07) is 20.2. The summed E-state index contributed by atoms with van der Waals surface area (Å²) in [5, 5.41) is 2.48. The second kappa shape index (κ2) is 11.7. The van der Waals surface area contributed by atoms with E-state index in [2.05, 4.69) is 29.6 Å². The zero-order valence-corrected chi connectivity index (χ0v) is 24.6. The Labute approximate surface area is 245 Å². The van der Waals surface area contributed by atoms with Gasteiger partial charge in [-0.15, -0.1) is 3.89 Å². The third-order valence-corrected chi connectivity index (χ3v) is 8.06. The number of ether oxygens (including phenoxy) is 2.